The summed E-state index contributed by atoms with van der Waals surface area (Å²) in [5.41, 5.74) is 3.20. The Kier molecular flexibility index (Phi) is 4.42. The summed E-state index contributed by atoms with van der Waals surface area (Å²) in [6.07, 6.45) is 8.12. The summed E-state index contributed by atoms with van der Waals surface area (Å²) in [6, 6.07) is 3.86. The van der Waals surface area contributed by atoms with Crippen molar-refractivity contribution in [1.82, 2.24) is 30.1 Å². The Morgan fingerprint density at radius 3 is 2.76 bits per heavy atom. The predicted octanol–water partition coefficient (Wildman–Crippen LogP) is 2.58. The number of hydrogen-bond donors (Lipinski definition) is 2. The molecule has 0 atom stereocenters. The van der Waals surface area contributed by atoms with Crippen molar-refractivity contribution in [3.8, 4) is 22.8 Å². The number of hydrogen-bond acceptors (Lipinski definition) is 7. The summed E-state index contributed by atoms with van der Waals surface area (Å²) in [4.78, 5) is 32.3. The zero-order chi connectivity index (χ0) is 19.8. The minimum Gasteiger partial charge on any atom is -0.344 e. The van der Waals surface area contributed by atoms with Crippen LogP contribution in [-0.2, 0) is 4.79 Å². The molecule has 1 fully saturated rings. The Morgan fingerprint density at radius 1 is 1.14 bits per heavy atom. The maximum atomic E-state index is 12.1. The topological polar surface area (TPSA) is 113 Å². The average molecular weight is 390 g/mol. The van der Waals surface area contributed by atoms with Crippen LogP contribution in [0.3, 0.4) is 0 Å². The second kappa shape index (κ2) is 7.23. The molecule has 0 radical (unpaired) electrons. The summed E-state index contributed by atoms with van der Waals surface area (Å²) in [5.74, 6) is 2.48. The van der Waals surface area contributed by atoms with Crippen molar-refractivity contribution in [2.45, 2.75) is 32.6 Å². The highest BCUT2D eigenvalue weighted by Gasteiger charge is 2.28. The first-order valence-corrected chi connectivity index (χ1v) is 9.93. The predicted molar refractivity (Wildman–Crippen MR) is 108 cm³/mol. The van der Waals surface area contributed by atoms with Gasteiger partial charge in [0.2, 0.25) is 5.91 Å². The summed E-state index contributed by atoms with van der Waals surface area (Å²) in [5, 5.41) is 9.55. The second-order valence-electron chi connectivity index (χ2n) is 7.67. The smallest absolute Gasteiger partial charge is 0.245 e. The Hall–Kier alpha value is -3.36. The van der Waals surface area contributed by atoms with E-state index in [0.29, 0.717) is 24.1 Å². The van der Waals surface area contributed by atoms with Gasteiger partial charge in [-0.3, -0.25) is 9.89 Å². The molecule has 1 aliphatic heterocycles. The van der Waals surface area contributed by atoms with Crippen LogP contribution in [0.5, 0.6) is 0 Å². The summed E-state index contributed by atoms with van der Waals surface area (Å²) >= 11 is 0. The molecule has 4 heterocycles. The molecular formula is C20H22N8O. The van der Waals surface area contributed by atoms with Gasteiger partial charge >= 0.3 is 0 Å². The van der Waals surface area contributed by atoms with E-state index < -0.39 is 0 Å². The van der Waals surface area contributed by atoms with Gasteiger partial charge in [-0.2, -0.15) is 5.10 Å². The summed E-state index contributed by atoms with van der Waals surface area (Å²) in [7, 11) is 0. The molecule has 29 heavy (non-hydrogen) atoms. The number of amides is 1. The van der Waals surface area contributed by atoms with E-state index in [1.807, 2.05) is 19.1 Å². The lowest BCUT2D eigenvalue weighted by molar-refractivity contribution is -0.115. The maximum absolute atomic E-state index is 12.1. The highest BCUT2D eigenvalue weighted by atomic mass is 16.2. The number of nitrogens with one attached hydrogen (secondary N) is 2. The lowest BCUT2D eigenvalue weighted by atomic mass is 10.1. The molecule has 1 saturated carbocycles. The van der Waals surface area contributed by atoms with E-state index in [1.165, 1.54) is 32.0 Å². The van der Waals surface area contributed by atoms with Gasteiger partial charge in [-0.15, -0.1) is 0 Å². The summed E-state index contributed by atoms with van der Waals surface area (Å²) in [6.45, 7) is 3.11. The molecule has 2 N–H and O–H groups in total. The molecule has 0 bridgehead atoms. The fourth-order valence-corrected chi connectivity index (χ4v) is 4.19. The largest absolute Gasteiger partial charge is 0.344 e. The number of rotatable bonds is 4. The minimum atomic E-state index is -0.0354. The molecule has 0 unspecified atom stereocenters. The van der Waals surface area contributed by atoms with E-state index in [-0.39, 0.29) is 5.91 Å². The van der Waals surface area contributed by atoms with Crippen LogP contribution in [0.25, 0.3) is 22.8 Å². The molecule has 3 aromatic heterocycles. The third kappa shape index (κ3) is 3.43. The molecule has 5 rings (SSSR count). The molecule has 9 nitrogen and oxygen atoms in total. The summed E-state index contributed by atoms with van der Waals surface area (Å²) < 4.78 is 0. The quantitative estimate of drug-likeness (QED) is 0.704. The Bertz CT molecular complexity index is 1040. The number of nitrogens with zero attached hydrogens (tertiary/aromatic N) is 6. The van der Waals surface area contributed by atoms with Gasteiger partial charge in [0.1, 0.15) is 12.0 Å². The van der Waals surface area contributed by atoms with Crippen LogP contribution in [0.2, 0.25) is 0 Å². The van der Waals surface area contributed by atoms with E-state index in [2.05, 4.69) is 35.4 Å². The highest BCUT2D eigenvalue weighted by molar-refractivity contribution is 5.99. The zero-order valence-corrected chi connectivity index (χ0v) is 16.2. The Labute approximate surface area is 168 Å². The number of carbonyl (C=O) groups excluding carboxylic acids is 1. The van der Waals surface area contributed by atoms with Crippen LogP contribution in [-0.4, -0.2) is 49.1 Å². The molecule has 2 aliphatic rings. The third-order valence-corrected chi connectivity index (χ3v) is 5.62. The van der Waals surface area contributed by atoms with E-state index in [1.54, 1.807) is 6.20 Å². The van der Waals surface area contributed by atoms with E-state index in [0.717, 1.165) is 35.0 Å². The van der Waals surface area contributed by atoms with Gasteiger partial charge in [-0.1, -0.05) is 12.8 Å². The fourth-order valence-electron chi connectivity index (χ4n) is 4.19. The van der Waals surface area contributed by atoms with Crippen molar-refractivity contribution in [1.29, 1.82) is 0 Å². The normalized spacial score (nSPS) is 16.7. The van der Waals surface area contributed by atoms with Crippen molar-refractivity contribution in [3.63, 3.8) is 0 Å². The fraction of sp³-hybridized carbons (Fsp3) is 0.400. The molecule has 3 aromatic rings. The number of aromatic amines is 1. The molecule has 0 aromatic carbocycles. The molecule has 148 valence electrons. The Balaban J connectivity index is 1.48. The molecular weight excluding hydrogens is 368 g/mol. The van der Waals surface area contributed by atoms with Gasteiger partial charge in [0.05, 0.1) is 18.4 Å². The van der Waals surface area contributed by atoms with Crippen LogP contribution in [0, 0.1) is 12.8 Å². The standard InChI is InChI=1S/C20H22N8O/c1-12-14(6-7-15(24-12)18-22-11-23-27-18)16-8-21-19-20(25-16)28(10-17(29)26-19)9-13-4-2-3-5-13/h6-8,11,13H,2-5,9-10H2,1H3,(H,21,26,29)(H,22,23,27). The number of aromatic nitrogens is 6. The number of fused-ring (bicyclic) bond motifs is 1. The van der Waals surface area contributed by atoms with Gasteiger partial charge in [0.25, 0.3) is 0 Å². The molecule has 1 amide bonds. The maximum Gasteiger partial charge on any atom is 0.245 e. The second-order valence-corrected chi connectivity index (χ2v) is 7.67. The van der Waals surface area contributed by atoms with Crippen LogP contribution in [0.15, 0.2) is 24.7 Å². The van der Waals surface area contributed by atoms with Crippen LogP contribution < -0.4 is 10.2 Å². The first kappa shape index (κ1) is 17.7. The first-order chi connectivity index (χ1) is 14.2. The van der Waals surface area contributed by atoms with E-state index >= 15 is 0 Å². The van der Waals surface area contributed by atoms with Gasteiger partial charge in [-0.05, 0) is 37.8 Å². The van der Waals surface area contributed by atoms with Crippen molar-refractivity contribution >= 4 is 17.5 Å². The van der Waals surface area contributed by atoms with Gasteiger partial charge in [-0.25, -0.2) is 19.9 Å². The lowest BCUT2D eigenvalue weighted by Gasteiger charge is -2.31. The minimum absolute atomic E-state index is 0.0354. The highest BCUT2D eigenvalue weighted by Crippen LogP contribution is 2.33. The zero-order valence-electron chi connectivity index (χ0n) is 16.2. The SMILES string of the molecule is Cc1nc(-c2ncn[nH]2)ccc1-c1cnc2c(n1)N(CC1CCCC1)CC(=O)N2. The first-order valence-electron chi connectivity index (χ1n) is 9.93. The molecule has 0 saturated heterocycles. The molecule has 0 spiro atoms. The van der Waals surface area contributed by atoms with Crippen molar-refractivity contribution < 1.29 is 4.79 Å². The molecule has 9 heteroatoms. The number of H-pyrrole nitrogens is 1. The third-order valence-electron chi connectivity index (χ3n) is 5.62. The van der Waals surface area contributed by atoms with Crippen molar-refractivity contribution in [3.05, 3.63) is 30.4 Å². The van der Waals surface area contributed by atoms with E-state index in [4.69, 9.17) is 4.98 Å². The average Bonchev–Trinajstić information content (AvgIpc) is 3.42. The number of anilines is 2. The van der Waals surface area contributed by atoms with Gasteiger partial charge in [0, 0.05) is 17.8 Å². The van der Waals surface area contributed by atoms with Crippen LogP contribution in [0.1, 0.15) is 31.4 Å². The van der Waals surface area contributed by atoms with Crippen molar-refractivity contribution in [2.24, 2.45) is 5.92 Å². The van der Waals surface area contributed by atoms with E-state index in [9.17, 15) is 4.79 Å². The lowest BCUT2D eigenvalue weighted by Crippen LogP contribution is -2.41. The molecule has 1 aliphatic carbocycles. The number of aryl methyl sites for hydroxylation is 1. The van der Waals surface area contributed by atoms with Crippen LogP contribution in [0.4, 0.5) is 11.6 Å². The van der Waals surface area contributed by atoms with Crippen molar-refractivity contribution in [2.75, 3.05) is 23.3 Å². The van der Waals surface area contributed by atoms with Gasteiger partial charge < -0.3 is 10.2 Å². The van der Waals surface area contributed by atoms with Gasteiger partial charge in [0.15, 0.2) is 17.5 Å². The van der Waals surface area contributed by atoms with Crippen LogP contribution >= 0.6 is 0 Å². The monoisotopic (exact) mass is 390 g/mol. The number of carbonyl (C=O) groups is 1. The Morgan fingerprint density at radius 2 is 2.00 bits per heavy atom. The number of pyridine rings is 1.